The van der Waals surface area contributed by atoms with E-state index in [0.717, 1.165) is 51.5 Å². The van der Waals surface area contributed by atoms with Crippen LogP contribution in [0, 0.1) is 5.92 Å². The van der Waals surface area contributed by atoms with Crippen LogP contribution in [0.2, 0.25) is 0 Å². The number of aliphatic imine (C=N–C) groups is 1. The Balaban J connectivity index is 1.70. The van der Waals surface area contributed by atoms with Crippen LogP contribution in [-0.4, -0.2) is 59.7 Å². The SMILES string of the molecule is CCOc1cc(NC(=NC)NCCCOCC2CCOC2)ccc1OC. The molecule has 1 aromatic carbocycles. The van der Waals surface area contributed by atoms with Crippen LogP contribution in [-0.2, 0) is 9.47 Å². The summed E-state index contributed by atoms with van der Waals surface area (Å²) < 4.78 is 22.0. The van der Waals surface area contributed by atoms with Gasteiger partial charge in [0.1, 0.15) is 0 Å². The molecule has 2 rings (SSSR count). The topological polar surface area (TPSA) is 73.3 Å². The first-order valence-corrected chi connectivity index (χ1v) is 9.20. The normalized spacial score (nSPS) is 17.2. The number of nitrogens with zero attached hydrogens (tertiary/aromatic N) is 1. The largest absolute Gasteiger partial charge is 0.493 e. The fourth-order valence-corrected chi connectivity index (χ4v) is 2.68. The van der Waals surface area contributed by atoms with Gasteiger partial charge in [-0.2, -0.15) is 0 Å². The van der Waals surface area contributed by atoms with E-state index in [1.54, 1.807) is 14.2 Å². The van der Waals surface area contributed by atoms with Gasteiger partial charge in [-0.15, -0.1) is 0 Å². The molecular weight excluding hydrogens is 334 g/mol. The molecule has 0 spiro atoms. The maximum atomic E-state index is 5.71. The second-order valence-corrected chi connectivity index (χ2v) is 6.08. The lowest BCUT2D eigenvalue weighted by atomic mass is 10.1. The molecule has 1 atom stereocenters. The molecular formula is C19H31N3O4. The highest BCUT2D eigenvalue weighted by Crippen LogP contribution is 2.30. The molecule has 1 fully saturated rings. The maximum absolute atomic E-state index is 5.71. The molecule has 2 N–H and O–H groups in total. The summed E-state index contributed by atoms with van der Waals surface area (Å²) in [6, 6.07) is 5.71. The van der Waals surface area contributed by atoms with Crippen molar-refractivity contribution in [3.63, 3.8) is 0 Å². The van der Waals surface area contributed by atoms with Crippen molar-refractivity contribution in [1.82, 2.24) is 5.32 Å². The van der Waals surface area contributed by atoms with E-state index in [9.17, 15) is 0 Å². The average Bonchev–Trinajstić information content (AvgIpc) is 3.17. The molecule has 1 aliphatic rings. The number of ether oxygens (including phenoxy) is 4. The van der Waals surface area contributed by atoms with Gasteiger partial charge in [0.2, 0.25) is 0 Å². The molecule has 1 aromatic rings. The van der Waals surface area contributed by atoms with Crippen molar-refractivity contribution in [2.45, 2.75) is 19.8 Å². The zero-order valence-corrected chi connectivity index (χ0v) is 16.0. The third-order valence-corrected chi connectivity index (χ3v) is 4.09. The van der Waals surface area contributed by atoms with Gasteiger partial charge >= 0.3 is 0 Å². The fraction of sp³-hybridized carbons (Fsp3) is 0.632. The number of hydrogen-bond acceptors (Lipinski definition) is 5. The van der Waals surface area contributed by atoms with Crippen LogP contribution >= 0.6 is 0 Å². The van der Waals surface area contributed by atoms with Gasteiger partial charge in [0, 0.05) is 44.5 Å². The Hall–Kier alpha value is -1.99. The Morgan fingerprint density at radius 2 is 2.23 bits per heavy atom. The lowest BCUT2D eigenvalue weighted by Gasteiger charge is -2.15. The van der Waals surface area contributed by atoms with Crippen LogP contribution < -0.4 is 20.1 Å². The minimum Gasteiger partial charge on any atom is -0.493 e. The average molecular weight is 365 g/mol. The molecule has 7 nitrogen and oxygen atoms in total. The first-order chi connectivity index (χ1) is 12.8. The summed E-state index contributed by atoms with van der Waals surface area (Å²) in [4.78, 5) is 4.25. The van der Waals surface area contributed by atoms with Crippen molar-refractivity contribution >= 4 is 11.6 Å². The molecule has 0 aliphatic carbocycles. The lowest BCUT2D eigenvalue weighted by molar-refractivity contribution is 0.0888. The smallest absolute Gasteiger partial charge is 0.195 e. The summed E-state index contributed by atoms with van der Waals surface area (Å²) in [5.41, 5.74) is 0.889. The molecule has 0 radical (unpaired) electrons. The number of guanidine groups is 1. The van der Waals surface area contributed by atoms with Crippen LogP contribution in [0.5, 0.6) is 11.5 Å². The lowest BCUT2D eigenvalue weighted by Crippen LogP contribution is -2.32. The molecule has 0 saturated carbocycles. The van der Waals surface area contributed by atoms with Crippen LogP contribution in [0.3, 0.4) is 0 Å². The van der Waals surface area contributed by atoms with Crippen molar-refractivity contribution in [1.29, 1.82) is 0 Å². The summed E-state index contributed by atoms with van der Waals surface area (Å²) in [6.07, 6.45) is 2.03. The highest BCUT2D eigenvalue weighted by Gasteiger charge is 2.15. The first-order valence-electron chi connectivity index (χ1n) is 9.20. The van der Waals surface area contributed by atoms with E-state index < -0.39 is 0 Å². The predicted octanol–water partition coefficient (Wildman–Crippen LogP) is 2.52. The van der Waals surface area contributed by atoms with Gasteiger partial charge in [-0.3, -0.25) is 4.99 Å². The van der Waals surface area contributed by atoms with E-state index in [0.29, 0.717) is 30.0 Å². The molecule has 146 valence electrons. The molecule has 0 amide bonds. The Labute approximate surface area is 156 Å². The molecule has 1 heterocycles. The quantitative estimate of drug-likeness (QED) is 0.377. The van der Waals surface area contributed by atoms with Crippen LogP contribution in [0.4, 0.5) is 5.69 Å². The first kappa shape index (κ1) is 20.3. The summed E-state index contributed by atoms with van der Waals surface area (Å²) in [6.45, 7) is 6.54. The van der Waals surface area contributed by atoms with Crippen molar-refractivity contribution in [2.24, 2.45) is 10.9 Å². The third-order valence-electron chi connectivity index (χ3n) is 4.09. The monoisotopic (exact) mass is 365 g/mol. The number of benzene rings is 1. The standard InChI is InChI=1S/C19H31N3O4/c1-4-26-18-12-16(6-7-17(18)23-3)22-19(20-2)21-9-5-10-24-13-15-8-11-25-14-15/h6-7,12,15H,4-5,8-11,13-14H2,1-3H3,(H2,20,21,22). The van der Waals surface area contributed by atoms with E-state index in [1.165, 1.54) is 0 Å². The molecule has 0 aromatic heterocycles. The minimum absolute atomic E-state index is 0.562. The third kappa shape index (κ3) is 6.72. The van der Waals surface area contributed by atoms with Crippen molar-refractivity contribution < 1.29 is 18.9 Å². The zero-order chi connectivity index (χ0) is 18.6. The van der Waals surface area contributed by atoms with Crippen molar-refractivity contribution in [2.75, 3.05) is 59.1 Å². The fourth-order valence-electron chi connectivity index (χ4n) is 2.68. The van der Waals surface area contributed by atoms with E-state index in [1.807, 2.05) is 25.1 Å². The van der Waals surface area contributed by atoms with E-state index in [-0.39, 0.29) is 0 Å². The Morgan fingerprint density at radius 3 is 2.92 bits per heavy atom. The Morgan fingerprint density at radius 1 is 1.35 bits per heavy atom. The van der Waals surface area contributed by atoms with Gasteiger partial charge in [0.25, 0.3) is 0 Å². The number of rotatable bonds is 10. The number of anilines is 1. The Bertz CT molecular complexity index is 560. The summed E-state index contributed by atoms with van der Waals surface area (Å²) in [5, 5.41) is 6.55. The van der Waals surface area contributed by atoms with Gasteiger partial charge in [-0.1, -0.05) is 0 Å². The number of nitrogens with one attached hydrogen (secondary N) is 2. The molecule has 26 heavy (non-hydrogen) atoms. The van der Waals surface area contributed by atoms with Gasteiger partial charge in [-0.25, -0.2) is 0 Å². The zero-order valence-electron chi connectivity index (χ0n) is 16.0. The second kappa shape index (κ2) is 11.6. The Kier molecular flexibility index (Phi) is 9.06. The second-order valence-electron chi connectivity index (χ2n) is 6.08. The molecule has 1 saturated heterocycles. The summed E-state index contributed by atoms with van der Waals surface area (Å²) in [7, 11) is 3.38. The van der Waals surface area contributed by atoms with Crippen LogP contribution in [0.15, 0.2) is 23.2 Å². The highest BCUT2D eigenvalue weighted by molar-refractivity contribution is 5.93. The van der Waals surface area contributed by atoms with Crippen molar-refractivity contribution in [3.05, 3.63) is 18.2 Å². The summed E-state index contributed by atoms with van der Waals surface area (Å²) >= 11 is 0. The van der Waals surface area contributed by atoms with Gasteiger partial charge in [-0.05, 0) is 31.9 Å². The molecule has 1 unspecified atom stereocenters. The molecule has 0 bridgehead atoms. The minimum atomic E-state index is 0.562. The summed E-state index contributed by atoms with van der Waals surface area (Å²) in [5.74, 6) is 2.69. The molecule has 7 heteroatoms. The van der Waals surface area contributed by atoms with Gasteiger partial charge < -0.3 is 29.6 Å². The molecule has 1 aliphatic heterocycles. The van der Waals surface area contributed by atoms with Gasteiger partial charge in [0.05, 0.1) is 26.9 Å². The van der Waals surface area contributed by atoms with Crippen molar-refractivity contribution in [3.8, 4) is 11.5 Å². The van der Waals surface area contributed by atoms with Gasteiger partial charge in [0.15, 0.2) is 17.5 Å². The number of hydrogen-bond donors (Lipinski definition) is 2. The van der Waals surface area contributed by atoms with E-state index >= 15 is 0 Å². The van der Waals surface area contributed by atoms with Crippen LogP contribution in [0.1, 0.15) is 19.8 Å². The maximum Gasteiger partial charge on any atom is 0.195 e. The van der Waals surface area contributed by atoms with E-state index in [4.69, 9.17) is 18.9 Å². The highest BCUT2D eigenvalue weighted by atomic mass is 16.5. The van der Waals surface area contributed by atoms with Crippen LogP contribution in [0.25, 0.3) is 0 Å². The predicted molar refractivity (Wildman–Crippen MR) is 104 cm³/mol. The number of methoxy groups -OCH3 is 1. The van der Waals surface area contributed by atoms with E-state index in [2.05, 4.69) is 15.6 Å².